The summed E-state index contributed by atoms with van der Waals surface area (Å²) in [6.45, 7) is 2.79. The van der Waals surface area contributed by atoms with E-state index >= 15 is 0 Å². The van der Waals surface area contributed by atoms with Gasteiger partial charge in [-0.3, -0.25) is 4.99 Å². The van der Waals surface area contributed by atoms with Crippen LogP contribution in [0.4, 0.5) is 0 Å². The van der Waals surface area contributed by atoms with Gasteiger partial charge in [0.15, 0.2) is 0 Å². The monoisotopic (exact) mass is 363 g/mol. The van der Waals surface area contributed by atoms with Crippen molar-refractivity contribution in [2.24, 2.45) is 10.1 Å². The molecule has 124 valence electrons. The summed E-state index contributed by atoms with van der Waals surface area (Å²) in [4.78, 5) is 6.65. The molecule has 0 saturated carbocycles. The summed E-state index contributed by atoms with van der Waals surface area (Å²) in [5.74, 6) is 0. The molecule has 0 aliphatic heterocycles. The Bertz CT molecular complexity index is 1080. The summed E-state index contributed by atoms with van der Waals surface area (Å²) in [6.07, 6.45) is 1.90. The second-order valence-electron chi connectivity index (χ2n) is 5.48. The predicted molar refractivity (Wildman–Crippen MR) is 109 cm³/mol. The van der Waals surface area contributed by atoms with Crippen LogP contribution in [0.25, 0.3) is 22.0 Å². The first-order valence-corrected chi connectivity index (χ1v) is 9.90. The Labute approximate surface area is 154 Å². The fourth-order valence-corrected chi connectivity index (χ4v) is 4.24. The van der Waals surface area contributed by atoms with Gasteiger partial charge < -0.3 is 0 Å². The minimum Gasteiger partial charge on any atom is -0.258 e. The van der Waals surface area contributed by atoms with Gasteiger partial charge in [0.2, 0.25) is 4.80 Å². The first-order valence-electron chi connectivity index (χ1n) is 8.14. The Balaban J connectivity index is 1.91. The normalized spacial score (nSPS) is 12.4. The smallest absolute Gasteiger partial charge is 0.206 e. The first kappa shape index (κ1) is 16.0. The van der Waals surface area contributed by atoms with Crippen LogP contribution in [0.3, 0.4) is 0 Å². The second kappa shape index (κ2) is 7.17. The fourth-order valence-electron chi connectivity index (χ4n) is 2.77. The Morgan fingerprint density at radius 3 is 2.72 bits per heavy atom. The maximum atomic E-state index is 4.73. The molecule has 0 saturated heterocycles. The largest absolute Gasteiger partial charge is 0.258 e. The molecule has 0 N–H and O–H groups in total. The number of benzene rings is 2. The van der Waals surface area contributed by atoms with Gasteiger partial charge in [-0.15, -0.1) is 22.7 Å². The molecular formula is C20H17N3S2. The van der Waals surface area contributed by atoms with E-state index in [1.54, 1.807) is 22.7 Å². The van der Waals surface area contributed by atoms with Gasteiger partial charge in [0, 0.05) is 22.4 Å². The van der Waals surface area contributed by atoms with Gasteiger partial charge in [-0.1, -0.05) is 48.5 Å². The number of rotatable bonds is 4. The maximum Gasteiger partial charge on any atom is 0.206 e. The maximum absolute atomic E-state index is 4.73. The summed E-state index contributed by atoms with van der Waals surface area (Å²) in [6, 6.07) is 18.9. The van der Waals surface area contributed by atoms with Gasteiger partial charge in [0.05, 0.1) is 11.9 Å². The zero-order valence-electron chi connectivity index (χ0n) is 13.8. The minimum atomic E-state index is 0.740. The number of fused-ring (bicyclic) bond motifs is 1. The molecule has 0 unspecified atom stereocenters. The van der Waals surface area contributed by atoms with Gasteiger partial charge in [-0.05, 0) is 29.1 Å². The molecule has 0 fully saturated rings. The molecule has 2 aromatic carbocycles. The third-order valence-electron chi connectivity index (χ3n) is 3.89. The highest BCUT2D eigenvalue weighted by molar-refractivity contribution is 7.11. The Hall–Kier alpha value is -2.50. The molecule has 0 bridgehead atoms. The fraction of sp³-hybridized carbons (Fsp3) is 0.100. The summed E-state index contributed by atoms with van der Waals surface area (Å²) >= 11 is 3.31. The molecule has 0 radical (unpaired) electrons. The lowest BCUT2D eigenvalue weighted by atomic mass is 10.0. The van der Waals surface area contributed by atoms with E-state index < -0.39 is 0 Å². The van der Waals surface area contributed by atoms with E-state index in [4.69, 9.17) is 5.10 Å². The highest BCUT2D eigenvalue weighted by Gasteiger charge is 2.10. The molecule has 0 amide bonds. The van der Waals surface area contributed by atoms with Crippen molar-refractivity contribution in [3.8, 4) is 11.3 Å². The van der Waals surface area contributed by atoms with Gasteiger partial charge in [-0.2, -0.15) is 5.10 Å². The molecule has 0 aliphatic carbocycles. The van der Waals surface area contributed by atoms with Gasteiger partial charge >= 0.3 is 0 Å². The van der Waals surface area contributed by atoms with Crippen LogP contribution in [-0.2, 0) is 0 Å². The standard InChI is InChI=1S/C20H17N3S2/c1-2-21-20-23(22-13-16-9-6-12-24-16)19(14-25-20)18-11-5-8-15-7-3-4-10-17(15)18/h3-14H,2H2,1H3. The molecule has 5 heteroatoms. The average Bonchev–Trinajstić information content (AvgIpc) is 3.30. The predicted octanol–water partition coefficient (Wildman–Crippen LogP) is 5.23. The Kier molecular flexibility index (Phi) is 4.59. The molecule has 2 aromatic heterocycles. The van der Waals surface area contributed by atoms with E-state index in [9.17, 15) is 0 Å². The molecule has 0 spiro atoms. The van der Waals surface area contributed by atoms with Crippen molar-refractivity contribution in [2.75, 3.05) is 6.54 Å². The number of nitrogens with zero attached hydrogens (tertiary/aromatic N) is 3. The lowest BCUT2D eigenvalue weighted by Crippen LogP contribution is -2.12. The SMILES string of the molecule is CCN=c1scc(-c2cccc3ccccc23)n1N=Cc1cccs1. The highest BCUT2D eigenvalue weighted by Crippen LogP contribution is 2.29. The summed E-state index contributed by atoms with van der Waals surface area (Å²) in [5.41, 5.74) is 2.25. The van der Waals surface area contributed by atoms with Crippen LogP contribution < -0.4 is 4.80 Å². The number of hydrogen-bond donors (Lipinski definition) is 0. The van der Waals surface area contributed by atoms with Gasteiger partial charge in [0.1, 0.15) is 0 Å². The number of thiazole rings is 1. The Morgan fingerprint density at radius 2 is 1.88 bits per heavy atom. The number of hydrogen-bond acceptors (Lipinski definition) is 4. The lowest BCUT2D eigenvalue weighted by molar-refractivity contribution is 0.834. The molecule has 4 aromatic rings. The summed E-state index contributed by atoms with van der Waals surface area (Å²) < 4.78 is 1.95. The number of thiophene rings is 1. The highest BCUT2D eigenvalue weighted by atomic mass is 32.1. The van der Waals surface area contributed by atoms with Crippen LogP contribution in [0.1, 0.15) is 11.8 Å². The molecule has 0 aliphatic rings. The van der Waals surface area contributed by atoms with E-state index in [1.165, 1.54) is 16.3 Å². The van der Waals surface area contributed by atoms with Crippen molar-refractivity contribution in [1.82, 2.24) is 4.68 Å². The molecule has 2 heterocycles. The van der Waals surface area contributed by atoms with E-state index in [1.807, 2.05) is 23.9 Å². The zero-order valence-corrected chi connectivity index (χ0v) is 15.4. The average molecular weight is 364 g/mol. The van der Waals surface area contributed by atoms with Crippen LogP contribution >= 0.6 is 22.7 Å². The molecular weight excluding hydrogens is 346 g/mol. The lowest BCUT2D eigenvalue weighted by Gasteiger charge is -2.07. The van der Waals surface area contributed by atoms with Crippen molar-refractivity contribution in [1.29, 1.82) is 0 Å². The number of aromatic nitrogens is 1. The van der Waals surface area contributed by atoms with Crippen molar-refractivity contribution in [3.05, 3.63) is 75.0 Å². The summed E-state index contributed by atoms with van der Waals surface area (Å²) in [5, 5.41) is 11.4. The molecule has 3 nitrogen and oxygen atoms in total. The van der Waals surface area contributed by atoms with Crippen LogP contribution in [-0.4, -0.2) is 17.4 Å². The van der Waals surface area contributed by atoms with E-state index in [0.29, 0.717) is 0 Å². The third-order valence-corrected chi connectivity index (χ3v) is 5.55. The summed E-state index contributed by atoms with van der Waals surface area (Å²) in [7, 11) is 0. The first-order chi connectivity index (χ1) is 12.4. The molecule has 0 atom stereocenters. The van der Waals surface area contributed by atoms with E-state index in [0.717, 1.165) is 21.9 Å². The van der Waals surface area contributed by atoms with Crippen LogP contribution in [0.15, 0.2) is 75.5 Å². The quantitative estimate of drug-likeness (QED) is 0.444. The van der Waals surface area contributed by atoms with E-state index in [2.05, 4.69) is 64.3 Å². The minimum absolute atomic E-state index is 0.740. The van der Waals surface area contributed by atoms with Crippen LogP contribution in [0, 0.1) is 0 Å². The van der Waals surface area contributed by atoms with Gasteiger partial charge in [-0.25, -0.2) is 4.68 Å². The van der Waals surface area contributed by atoms with Gasteiger partial charge in [0.25, 0.3) is 0 Å². The van der Waals surface area contributed by atoms with Crippen molar-refractivity contribution >= 4 is 39.7 Å². The van der Waals surface area contributed by atoms with Crippen molar-refractivity contribution in [2.45, 2.75) is 6.92 Å². The van der Waals surface area contributed by atoms with E-state index in [-0.39, 0.29) is 0 Å². The second-order valence-corrected chi connectivity index (χ2v) is 7.29. The van der Waals surface area contributed by atoms with Crippen molar-refractivity contribution in [3.63, 3.8) is 0 Å². The van der Waals surface area contributed by atoms with Crippen molar-refractivity contribution < 1.29 is 0 Å². The van der Waals surface area contributed by atoms with Crippen LogP contribution in [0.5, 0.6) is 0 Å². The molecule has 25 heavy (non-hydrogen) atoms. The zero-order chi connectivity index (χ0) is 17.1. The third kappa shape index (κ3) is 3.21. The Morgan fingerprint density at radius 1 is 1.00 bits per heavy atom. The molecule has 4 rings (SSSR count). The van der Waals surface area contributed by atoms with Crippen LogP contribution in [0.2, 0.25) is 0 Å². The topological polar surface area (TPSA) is 29.6 Å².